The van der Waals surface area contributed by atoms with E-state index in [0.717, 1.165) is 18.2 Å². The van der Waals surface area contributed by atoms with E-state index >= 15 is 0 Å². The van der Waals surface area contributed by atoms with Crippen molar-refractivity contribution in [2.24, 2.45) is 0 Å². The molecule has 0 aliphatic carbocycles. The third-order valence-corrected chi connectivity index (χ3v) is 2.74. The van der Waals surface area contributed by atoms with Crippen LogP contribution in [0.3, 0.4) is 0 Å². The molecule has 4 N–H and O–H groups in total. The zero-order valence-corrected chi connectivity index (χ0v) is 10.5. The third-order valence-electron chi connectivity index (χ3n) is 2.74. The second-order valence-electron chi connectivity index (χ2n) is 4.09. The minimum atomic E-state index is -1.41. The lowest BCUT2D eigenvalue weighted by Gasteiger charge is -2.10. The number of anilines is 1. The molecule has 2 rings (SSSR count). The van der Waals surface area contributed by atoms with Gasteiger partial charge in [-0.2, -0.15) is 0 Å². The Morgan fingerprint density at radius 3 is 2.29 bits per heavy atom. The number of hydrogen-bond acceptors (Lipinski definition) is 4. The van der Waals surface area contributed by atoms with E-state index in [0.29, 0.717) is 0 Å². The first-order valence-corrected chi connectivity index (χ1v) is 5.76. The predicted molar refractivity (Wildman–Crippen MR) is 71.1 cm³/mol. The Labute approximate surface area is 118 Å². The lowest BCUT2D eigenvalue weighted by atomic mass is 10.1. The Bertz CT molecular complexity index is 729. The number of aromatic hydroxyl groups is 2. The maximum Gasteiger partial charge on any atom is 0.337 e. The summed E-state index contributed by atoms with van der Waals surface area (Å²) >= 11 is 0. The summed E-state index contributed by atoms with van der Waals surface area (Å²) in [4.78, 5) is 23.0. The zero-order valence-electron chi connectivity index (χ0n) is 10.5. The standard InChI is InChI=1S/C14H10FNO5/c15-9-5-1-3-7(14(20)21)11(9)16-13(19)8-4-2-6-10(17)12(8)18/h1-6,17-18H,(H,16,19)(H,20,21). The highest BCUT2D eigenvalue weighted by Crippen LogP contribution is 2.29. The van der Waals surface area contributed by atoms with E-state index in [1.54, 1.807) is 0 Å². The van der Waals surface area contributed by atoms with Gasteiger partial charge in [0.15, 0.2) is 11.5 Å². The van der Waals surface area contributed by atoms with Gasteiger partial charge in [0.25, 0.3) is 5.91 Å². The molecule has 1 amide bonds. The van der Waals surface area contributed by atoms with E-state index < -0.39 is 40.4 Å². The number of phenols is 2. The van der Waals surface area contributed by atoms with Crippen LogP contribution in [0.25, 0.3) is 0 Å². The number of carboxylic acid groups (broad SMARTS) is 1. The summed E-state index contributed by atoms with van der Waals surface area (Å²) in [5, 5.41) is 29.9. The van der Waals surface area contributed by atoms with Crippen molar-refractivity contribution in [3.8, 4) is 11.5 Å². The van der Waals surface area contributed by atoms with Crippen LogP contribution in [0.2, 0.25) is 0 Å². The Balaban J connectivity index is 2.41. The number of halogens is 1. The minimum Gasteiger partial charge on any atom is -0.504 e. The van der Waals surface area contributed by atoms with Crippen LogP contribution in [0.4, 0.5) is 10.1 Å². The van der Waals surface area contributed by atoms with Gasteiger partial charge in [-0.3, -0.25) is 4.79 Å². The molecule has 0 fully saturated rings. The fourth-order valence-electron chi connectivity index (χ4n) is 1.72. The first kappa shape index (κ1) is 14.3. The maximum absolute atomic E-state index is 13.7. The summed E-state index contributed by atoms with van der Waals surface area (Å²) in [6, 6.07) is 6.99. The molecule has 2 aromatic rings. The number of amides is 1. The van der Waals surface area contributed by atoms with Crippen molar-refractivity contribution >= 4 is 17.6 Å². The second kappa shape index (κ2) is 5.49. The van der Waals surface area contributed by atoms with E-state index in [4.69, 9.17) is 5.11 Å². The molecule has 0 aliphatic rings. The average molecular weight is 291 g/mol. The van der Waals surface area contributed by atoms with Gasteiger partial charge in [-0.25, -0.2) is 9.18 Å². The Hall–Kier alpha value is -3.09. The van der Waals surface area contributed by atoms with Crippen LogP contribution in [0.15, 0.2) is 36.4 Å². The Morgan fingerprint density at radius 2 is 1.62 bits per heavy atom. The fourth-order valence-corrected chi connectivity index (χ4v) is 1.72. The molecule has 0 aliphatic heterocycles. The van der Waals surface area contributed by atoms with Crippen molar-refractivity contribution in [2.45, 2.75) is 0 Å². The summed E-state index contributed by atoms with van der Waals surface area (Å²) < 4.78 is 13.7. The minimum absolute atomic E-state index is 0.311. The number of rotatable bonds is 3. The van der Waals surface area contributed by atoms with Gasteiger partial charge in [0.2, 0.25) is 0 Å². The van der Waals surface area contributed by atoms with E-state index in [1.807, 2.05) is 0 Å². The zero-order chi connectivity index (χ0) is 15.6. The van der Waals surface area contributed by atoms with Gasteiger partial charge in [-0.15, -0.1) is 0 Å². The van der Waals surface area contributed by atoms with Crippen LogP contribution in [0.5, 0.6) is 11.5 Å². The summed E-state index contributed by atoms with van der Waals surface area (Å²) in [7, 11) is 0. The lowest BCUT2D eigenvalue weighted by Crippen LogP contribution is -2.16. The number of hydrogen-bond donors (Lipinski definition) is 4. The van der Waals surface area contributed by atoms with Crippen molar-refractivity contribution in [2.75, 3.05) is 5.32 Å². The smallest absolute Gasteiger partial charge is 0.337 e. The van der Waals surface area contributed by atoms with E-state index in [2.05, 4.69) is 5.32 Å². The molecule has 2 aromatic carbocycles. The van der Waals surface area contributed by atoms with Crippen molar-refractivity contribution in [3.05, 3.63) is 53.3 Å². The number of para-hydroxylation sites is 2. The highest BCUT2D eigenvalue weighted by atomic mass is 19.1. The largest absolute Gasteiger partial charge is 0.504 e. The molecule has 0 saturated carbocycles. The average Bonchev–Trinajstić information content (AvgIpc) is 2.43. The molecule has 0 spiro atoms. The SMILES string of the molecule is O=C(Nc1c(F)cccc1C(=O)O)c1cccc(O)c1O. The van der Waals surface area contributed by atoms with Gasteiger partial charge in [-0.1, -0.05) is 12.1 Å². The number of carboxylic acids is 1. The van der Waals surface area contributed by atoms with Crippen molar-refractivity contribution in [1.29, 1.82) is 0 Å². The quantitative estimate of drug-likeness (QED) is 0.648. The predicted octanol–water partition coefficient (Wildman–Crippen LogP) is 2.19. The first-order chi connectivity index (χ1) is 9.91. The van der Waals surface area contributed by atoms with Crippen LogP contribution >= 0.6 is 0 Å². The Morgan fingerprint density at radius 1 is 1.00 bits per heavy atom. The van der Waals surface area contributed by atoms with E-state index in [9.17, 15) is 24.2 Å². The van der Waals surface area contributed by atoms with Crippen molar-refractivity contribution < 1.29 is 29.3 Å². The molecule has 0 radical (unpaired) electrons. The van der Waals surface area contributed by atoms with E-state index in [-0.39, 0.29) is 5.56 Å². The number of aromatic carboxylic acids is 1. The molecule has 21 heavy (non-hydrogen) atoms. The molecular weight excluding hydrogens is 281 g/mol. The molecular formula is C14H10FNO5. The molecule has 6 nitrogen and oxygen atoms in total. The van der Waals surface area contributed by atoms with Gasteiger partial charge in [0.05, 0.1) is 16.8 Å². The summed E-state index contributed by atoms with van der Waals surface area (Å²) in [6.45, 7) is 0. The van der Waals surface area contributed by atoms with Gasteiger partial charge < -0.3 is 20.6 Å². The molecule has 0 bridgehead atoms. The number of carbonyl (C=O) groups is 2. The molecule has 0 atom stereocenters. The Kier molecular flexibility index (Phi) is 3.75. The molecule has 7 heteroatoms. The third kappa shape index (κ3) is 2.76. The van der Waals surface area contributed by atoms with Crippen LogP contribution in [-0.4, -0.2) is 27.2 Å². The molecule has 0 heterocycles. The summed E-state index contributed by atoms with van der Waals surface area (Å²) in [5.41, 5.74) is -1.25. The molecule has 0 unspecified atom stereocenters. The van der Waals surface area contributed by atoms with Crippen LogP contribution in [0, 0.1) is 5.82 Å². The highest BCUT2D eigenvalue weighted by molar-refractivity contribution is 6.09. The summed E-state index contributed by atoms with van der Waals surface area (Å²) in [6.07, 6.45) is 0. The number of phenolic OH excluding ortho intramolecular Hbond substituents is 2. The molecule has 0 saturated heterocycles. The number of benzene rings is 2. The fraction of sp³-hybridized carbons (Fsp3) is 0. The number of nitrogens with one attached hydrogen (secondary N) is 1. The van der Waals surface area contributed by atoms with Gasteiger partial charge in [0, 0.05) is 0 Å². The molecule has 108 valence electrons. The monoisotopic (exact) mass is 291 g/mol. The van der Waals surface area contributed by atoms with Crippen molar-refractivity contribution in [3.63, 3.8) is 0 Å². The van der Waals surface area contributed by atoms with Crippen LogP contribution in [0.1, 0.15) is 20.7 Å². The second-order valence-corrected chi connectivity index (χ2v) is 4.09. The van der Waals surface area contributed by atoms with Gasteiger partial charge >= 0.3 is 5.97 Å². The van der Waals surface area contributed by atoms with Gasteiger partial charge in [0.1, 0.15) is 5.82 Å². The number of carbonyl (C=O) groups excluding carboxylic acids is 1. The lowest BCUT2D eigenvalue weighted by molar-refractivity contribution is 0.0697. The topological polar surface area (TPSA) is 107 Å². The van der Waals surface area contributed by atoms with E-state index in [1.165, 1.54) is 18.2 Å². The van der Waals surface area contributed by atoms with Gasteiger partial charge in [-0.05, 0) is 24.3 Å². The summed E-state index contributed by atoms with van der Waals surface area (Å²) in [5.74, 6) is -4.48. The molecule has 0 aromatic heterocycles. The first-order valence-electron chi connectivity index (χ1n) is 5.76. The van der Waals surface area contributed by atoms with Crippen molar-refractivity contribution in [1.82, 2.24) is 0 Å². The highest BCUT2D eigenvalue weighted by Gasteiger charge is 2.19. The van der Waals surface area contributed by atoms with Crippen LogP contribution in [-0.2, 0) is 0 Å². The van der Waals surface area contributed by atoms with Crippen LogP contribution < -0.4 is 5.32 Å². The normalized spacial score (nSPS) is 10.1. The maximum atomic E-state index is 13.7.